The number of carbonyl (C=O) groups is 2. The van der Waals surface area contributed by atoms with Gasteiger partial charge in [0.2, 0.25) is 5.91 Å². The number of rotatable bonds is 8. The number of fused-ring (bicyclic) bond motifs is 1. The van der Waals surface area contributed by atoms with Crippen LogP contribution in [0.1, 0.15) is 29.6 Å². The van der Waals surface area contributed by atoms with Crippen molar-refractivity contribution in [2.24, 2.45) is 5.92 Å². The molecule has 0 radical (unpaired) electrons. The molecule has 0 atom stereocenters. The van der Waals surface area contributed by atoms with E-state index >= 15 is 0 Å². The minimum Gasteiger partial charge on any atom is -0.379 e. The van der Waals surface area contributed by atoms with Gasteiger partial charge in [-0.3, -0.25) is 14.5 Å². The number of pyridine rings is 1. The van der Waals surface area contributed by atoms with Gasteiger partial charge in [-0.1, -0.05) is 22.9 Å². The summed E-state index contributed by atoms with van der Waals surface area (Å²) in [6, 6.07) is 8.90. The summed E-state index contributed by atoms with van der Waals surface area (Å²) in [5.74, 6) is -0.00240. The molecular weight excluding hydrogens is 474 g/mol. The molecule has 5 rings (SSSR count). The number of thiazole rings is 1. The average Bonchev–Trinajstić information content (AvgIpc) is 3.63. The van der Waals surface area contributed by atoms with Crippen LogP contribution in [0.2, 0.25) is 5.02 Å². The molecule has 1 aromatic carbocycles. The molecule has 0 unspecified atom stereocenters. The first-order valence-electron chi connectivity index (χ1n) is 11.5. The van der Waals surface area contributed by atoms with Crippen LogP contribution in [0.5, 0.6) is 0 Å². The Morgan fingerprint density at radius 1 is 1.15 bits per heavy atom. The minimum atomic E-state index is -0.135. The number of morpholine rings is 1. The molecule has 2 fully saturated rings. The smallest absolute Gasteiger partial charge is 0.251 e. The van der Waals surface area contributed by atoms with Crippen LogP contribution in [0, 0.1) is 5.92 Å². The number of ether oxygens (including phenoxy) is 1. The predicted molar refractivity (Wildman–Crippen MR) is 133 cm³/mol. The molecule has 10 heteroatoms. The van der Waals surface area contributed by atoms with Gasteiger partial charge < -0.3 is 15.4 Å². The molecule has 2 amide bonds. The number of nitrogens with zero attached hydrogens (tertiary/aromatic N) is 3. The second-order valence-corrected chi connectivity index (χ2v) is 9.95. The summed E-state index contributed by atoms with van der Waals surface area (Å²) in [5, 5.41) is 6.93. The zero-order chi connectivity index (χ0) is 23.5. The molecule has 178 valence electrons. The van der Waals surface area contributed by atoms with Crippen molar-refractivity contribution in [2.45, 2.75) is 19.3 Å². The average molecular weight is 500 g/mol. The van der Waals surface area contributed by atoms with E-state index in [1.54, 1.807) is 18.2 Å². The topological polar surface area (TPSA) is 96.5 Å². The van der Waals surface area contributed by atoms with Crippen molar-refractivity contribution in [1.29, 1.82) is 0 Å². The van der Waals surface area contributed by atoms with Crippen LogP contribution >= 0.6 is 22.9 Å². The Morgan fingerprint density at radius 2 is 1.97 bits per heavy atom. The number of carbonyl (C=O) groups excluding carboxylic acids is 2. The van der Waals surface area contributed by atoms with Crippen LogP contribution < -0.4 is 10.6 Å². The van der Waals surface area contributed by atoms with Gasteiger partial charge in [-0.25, -0.2) is 9.97 Å². The number of hydrogen-bond acceptors (Lipinski definition) is 7. The lowest BCUT2D eigenvalue weighted by Crippen LogP contribution is -2.38. The summed E-state index contributed by atoms with van der Waals surface area (Å²) < 4.78 is 5.36. The Morgan fingerprint density at radius 3 is 2.76 bits per heavy atom. The van der Waals surface area contributed by atoms with Gasteiger partial charge in [0.25, 0.3) is 5.91 Å². The largest absolute Gasteiger partial charge is 0.379 e. The van der Waals surface area contributed by atoms with E-state index in [4.69, 9.17) is 21.3 Å². The number of hydrogen-bond donors (Lipinski definition) is 2. The monoisotopic (exact) mass is 499 g/mol. The van der Waals surface area contributed by atoms with E-state index in [1.165, 1.54) is 11.3 Å². The van der Waals surface area contributed by atoms with Gasteiger partial charge in [-0.05, 0) is 56.1 Å². The van der Waals surface area contributed by atoms with Crippen molar-refractivity contribution in [3.05, 3.63) is 40.9 Å². The van der Waals surface area contributed by atoms with Crippen LogP contribution in [0.15, 0.2) is 30.3 Å². The van der Waals surface area contributed by atoms with Crippen molar-refractivity contribution in [2.75, 3.05) is 44.7 Å². The summed E-state index contributed by atoms with van der Waals surface area (Å²) >= 11 is 7.79. The molecule has 0 bridgehead atoms. The second kappa shape index (κ2) is 10.4. The Kier molecular flexibility index (Phi) is 7.05. The highest BCUT2D eigenvalue weighted by Crippen LogP contribution is 2.34. The SMILES string of the molecule is O=C(NCCCN1CCOCC1)c1ccc(Cl)c(-c2ccc3nc(NC(=O)C4CC4)sc3n2)c1. The summed E-state index contributed by atoms with van der Waals surface area (Å²) in [4.78, 5) is 37.0. The van der Waals surface area contributed by atoms with Crippen LogP contribution in [0.4, 0.5) is 5.13 Å². The Balaban J connectivity index is 1.25. The summed E-state index contributed by atoms with van der Waals surface area (Å²) in [6.45, 7) is 4.99. The fourth-order valence-electron chi connectivity index (χ4n) is 3.87. The van der Waals surface area contributed by atoms with Crippen molar-refractivity contribution in [3.63, 3.8) is 0 Å². The Bertz CT molecular complexity index is 1210. The summed E-state index contributed by atoms with van der Waals surface area (Å²) in [5.41, 5.74) is 2.59. The lowest BCUT2D eigenvalue weighted by Gasteiger charge is -2.26. The molecule has 34 heavy (non-hydrogen) atoms. The zero-order valence-corrected chi connectivity index (χ0v) is 20.3. The highest BCUT2D eigenvalue weighted by molar-refractivity contribution is 7.22. The maximum Gasteiger partial charge on any atom is 0.251 e. The van der Waals surface area contributed by atoms with Crippen LogP contribution in [-0.4, -0.2) is 66.1 Å². The maximum absolute atomic E-state index is 12.7. The number of aromatic nitrogens is 2. The van der Waals surface area contributed by atoms with E-state index in [9.17, 15) is 9.59 Å². The van der Waals surface area contributed by atoms with E-state index < -0.39 is 0 Å². The lowest BCUT2D eigenvalue weighted by atomic mass is 10.1. The zero-order valence-electron chi connectivity index (χ0n) is 18.7. The van der Waals surface area contributed by atoms with Crippen LogP contribution in [-0.2, 0) is 9.53 Å². The number of halogens is 1. The molecule has 2 aliphatic rings. The molecule has 3 heterocycles. The molecule has 1 saturated carbocycles. The molecular formula is C24H26ClN5O3S. The normalized spacial score (nSPS) is 16.5. The number of nitrogens with one attached hydrogen (secondary N) is 2. The summed E-state index contributed by atoms with van der Waals surface area (Å²) in [6.07, 6.45) is 2.76. The third-order valence-corrected chi connectivity index (χ3v) is 7.19. The quantitative estimate of drug-likeness (QED) is 0.457. The van der Waals surface area contributed by atoms with Crippen LogP contribution in [0.3, 0.4) is 0 Å². The van der Waals surface area contributed by atoms with Crippen LogP contribution in [0.25, 0.3) is 21.6 Å². The first-order chi connectivity index (χ1) is 16.6. The molecule has 2 N–H and O–H groups in total. The third-order valence-electron chi connectivity index (χ3n) is 5.98. The van der Waals surface area contributed by atoms with E-state index in [1.807, 2.05) is 12.1 Å². The molecule has 1 saturated heterocycles. The van der Waals surface area contributed by atoms with E-state index in [0.717, 1.165) is 52.1 Å². The van der Waals surface area contributed by atoms with Crippen molar-refractivity contribution >= 4 is 50.2 Å². The van der Waals surface area contributed by atoms with Crippen molar-refractivity contribution < 1.29 is 14.3 Å². The minimum absolute atomic E-state index is 0.0194. The van der Waals surface area contributed by atoms with E-state index in [-0.39, 0.29) is 17.7 Å². The lowest BCUT2D eigenvalue weighted by molar-refractivity contribution is -0.117. The van der Waals surface area contributed by atoms with Gasteiger partial charge in [-0.15, -0.1) is 0 Å². The Labute approximate surface area is 206 Å². The molecule has 0 spiro atoms. The first-order valence-corrected chi connectivity index (χ1v) is 12.7. The van der Waals surface area contributed by atoms with Gasteiger partial charge in [-0.2, -0.15) is 0 Å². The maximum atomic E-state index is 12.7. The fraction of sp³-hybridized carbons (Fsp3) is 0.417. The van der Waals surface area contributed by atoms with E-state index in [2.05, 4.69) is 20.5 Å². The molecule has 8 nitrogen and oxygen atoms in total. The second-order valence-electron chi connectivity index (χ2n) is 8.56. The van der Waals surface area contributed by atoms with Gasteiger partial charge in [0.1, 0.15) is 10.3 Å². The predicted octanol–water partition coefficient (Wildman–Crippen LogP) is 3.81. The molecule has 3 aromatic rings. The molecule has 1 aliphatic heterocycles. The molecule has 2 aromatic heterocycles. The third kappa shape index (κ3) is 5.55. The standard InChI is InChI=1S/C24H26ClN5O3S/c25-18-5-4-16(21(31)26-8-1-9-30-10-12-33-13-11-30)14-17(18)19-6-7-20-23(27-19)34-24(28-20)29-22(32)15-2-3-15/h4-7,14-15H,1-3,8-13H2,(H,26,31)(H,28,29,32). The van der Waals surface area contributed by atoms with E-state index in [0.29, 0.717) is 43.9 Å². The van der Waals surface area contributed by atoms with Crippen molar-refractivity contribution in [3.8, 4) is 11.3 Å². The van der Waals surface area contributed by atoms with Gasteiger partial charge in [0.15, 0.2) is 5.13 Å². The fourth-order valence-corrected chi connectivity index (χ4v) is 4.92. The van der Waals surface area contributed by atoms with Gasteiger partial charge >= 0.3 is 0 Å². The number of amides is 2. The van der Waals surface area contributed by atoms with Crippen molar-refractivity contribution in [1.82, 2.24) is 20.2 Å². The number of anilines is 1. The Hall–Kier alpha value is -2.59. The molecule has 1 aliphatic carbocycles. The highest BCUT2D eigenvalue weighted by atomic mass is 35.5. The van der Waals surface area contributed by atoms with Gasteiger partial charge in [0, 0.05) is 36.7 Å². The summed E-state index contributed by atoms with van der Waals surface area (Å²) in [7, 11) is 0. The van der Waals surface area contributed by atoms with Gasteiger partial charge in [0.05, 0.1) is 23.9 Å². The number of benzene rings is 1. The first kappa shape index (κ1) is 23.2. The highest BCUT2D eigenvalue weighted by Gasteiger charge is 2.30.